The number of hydrogen-bond donors (Lipinski definition) is 1. The van der Waals surface area contributed by atoms with Crippen LogP contribution in [0.15, 0.2) is 42.7 Å². The van der Waals surface area contributed by atoms with Gasteiger partial charge in [-0.15, -0.1) is 0 Å². The minimum Gasteiger partial charge on any atom is -0.497 e. The van der Waals surface area contributed by atoms with Crippen LogP contribution < -0.4 is 14.8 Å². The number of nitrogens with zero attached hydrogens (tertiary/aromatic N) is 2. The number of aromatic nitrogens is 2. The van der Waals surface area contributed by atoms with Crippen LogP contribution in [0.2, 0.25) is 0 Å². The van der Waals surface area contributed by atoms with E-state index in [4.69, 9.17) is 9.47 Å². The van der Waals surface area contributed by atoms with Gasteiger partial charge in [0.15, 0.2) is 0 Å². The van der Waals surface area contributed by atoms with Crippen LogP contribution in [0.25, 0.3) is 5.69 Å². The number of ether oxygens (including phenoxy) is 2. The van der Waals surface area contributed by atoms with Gasteiger partial charge in [-0.3, -0.25) is 9.36 Å². The quantitative estimate of drug-likeness (QED) is 0.745. The van der Waals surface area contributed by atoms with E-state index in [0.717, 1.165) is 6.07 Å². The van der Waals surface area contributed by atoms with E-state index < -0.39 is 17.6 Å². The molecule has 1 aliphatic rings. The molecule has 0 fully saturated rings. The first-order valence-electron chi connectivity index (χ1n) is 8.56. The predicted molar refractivity (Wildman–Crippen MR) is 98.1 cm³/mol. The highest BCUT2D eigenvalue weighted by Crippen LogP contribution is 2.40. The summed E-state index contributed by atoms with van der Waals surface area (Å²) in [5, 5.41) is 2.79. The summed E-state index contributed by atoms with van der Waals surface area (Å²) in [6, 6.07) is 8.57. The first kappa shape index (κ1) is 18.0. The lowest BCUT2D eigenvalue weighted by molar-refractivity contribution is -0.116. The Morgan fingerprint density at radius 2 is 1.96 bits per heavy atom. The smallest absolute Gasteiger partial charge is 0.226 e. The summed E-state index contributed by atoms with van der Waals surface area (Å²) in [5.74, 6) is -0.733. The number of nitrogens with one attached hydrogen (secondary N) is 1. The number of imidazole rings is 1. The van der Waals surface area contributed by atoms with Crippen molar-refractivity contribution >= 4 is 11.7 Å². The molecule has 1 N–H and O–H groups in total. The van der Waals surface area contributed by atoms with Gasteiger partial charge >= 0.3 is 0 Å². The Morgan fingerprint density at radius 3 is 2.68 bits per heavy atom. The van der Waals surface area contributed by atoms with Gasteiger partial charge in [-0.05, 0) is 23.8 Å². The molecule has 0 saturated carbocycles. The normalized spacial score (nSPS) is 15.7. The summed E-state index contributed by atoms with van der Waals surface area (Å²) in [5.41, 5.74) is 1.33. The van der Waals surface area contributed by atoms with Crippen molar-refractivity contribution < 1.29 is 23.0 Å². The molecule has 0 unspecified atom stereocenters. The van der Waals surface area contributed by atoms with Gasteiger partial charge in [0.25, 0.3) is 0 Å². The molecule has 1 aliphatic heterocycles. The highest BCUT2D eigenvalue weighted by molar-refractivity contribution is 5.94. The van der Waals surface area contributed by atoms with Gasteiger partial charge < -0.3 is 14.8 Å². The van der Waals surface area contributed by atoms with Crippen LogP contribution in [0.3, 0.4) is 0 Å². The van der Waals surface area contributed by atoms with Crippen molar-refractivity contribution in [1.29, 1.82) is 0 Å². The summed E-state index contributed by atoms with van der Waals surface area (Å²) in [6.45, 7) is 0. The number of benzene rings is 2. The minimum absolute atomic E-state index is 0.0157. The van der Waals surface area contributed by atoms with Gasteiger partial charge in [0.2, 0.25) is 5.91 Å². The maximum Gasteiger partial charge on any atom is 0.226 e. The second-order valence-corrected chi connectivity index (χ2v) is 6.36. The fourth-order valence-electron chi connectivity index (χ4n) is 3.42. The molecule has 1 atom stereocenters. The molecule has 144 valence electrons. The van der Waals surface area contributed by atoms with Crippen LogP contribution in [0, 0.1) is 11.6 Å². The molecular weight excluding hydrogens is 368 g/mol. The Balaban J connectivity index is 1.86. The Labute approximate surface area is 159 Å². The molecule has 0 spiro atoms. The van der Waals surface area contributed by atoms with Gasteiger partial charge in [0.05, 0.1) is 25.6 Å². The topological polar surface area (TPSA) is 65.4 Å². The van der Waals surface area contributed by atoms with Crippen LogP contribution >= 0.6 is 0 Å². The van der Waals surface area contributed by atoms with E-state index in [0.29, 0.717) is 28.7 Å². The molecular formula is C20H17F2N3O3. The van der Waals surface area contributed by atoms with E-state index in [2.05, 4.69) is 10.3 Å². The lowest BCUT2D eigenvalue weighted by Crippen LogP contribution is -2.25. The standard InChI is InChI=1S/C20H17F2N3O3/c1-27-12-4-6-17(28-2)16(8-12)25-10-23-19-14(9-18(26)24-20(19)25)13-5-3-11(21)7-15(13)22/h3-8,10,14H,9H2,1-2H3,(H,24,26)/t14-/m1/s1. The van der Waals surface area contributed by atoms with Crippen molar-refractivity contribution in [2.45, 2.75) is 12.3 Å². The minimum atomic E-state index is -0.709. The number of carbonyl (C=O) groups excluding carboxylic acids is 1. The zero-order chi connectivity index (χ0) is 19.8. The van der Waals surface area contributed by atoms with Crippen molar-refractivity contribution in [2.75, 3.05) is 19.5 Å². The van der Waals surface area contributed by atoms with Crippen LogP contribution in [-0.4, -0.2) is 29.7 Å². The van der Waals surface area contributed by atoms with E-state index in [9.17, 15) is 13.6 Å². The SMILES string of the molecule is COc1ccc(OC)c(-n2cnc3c2NC(=O)C[C@@H]3c2ccc(F)cc2F)c1. The average Bonchev–Trinajstić information content (AvgIpc) is 3.10. The lowest BCUT2D eigenvalue weighted by Gasteiger charge is -2.24. The molecule has 0 bridgehead atoms. The molecule has 1 aromatic heterocycles. The monoisotopic (exact) mass is 385 g/mol. The fourth-order valence-corrected chi connectivity index (χ4v) is 3.42. The van der Waals surface area contributed by atoms with E-state index in [1.807, 2.05) is 0 Å². The number of amides is 1. The van der Waals surface area contributed by atoms with Crippen molar-refractivity contribution in [2.24, 2.45) is 0 Å². The number of fused-ring (bicyclic) bond motifs is 1. The number of halogens is 2. The second kappa shape index (κ2) is 6.95. The van der Waals surface area contributed by atoms with Gasteiger partial charge in [-0.2, -0.15) is 0 Å². The number of carbonyl (C=O) groups is 1. The third-order valence-electron chi connectivity index (χ3n) is 4.76. The molecule has 2 aromatic carbocycles. The zero-order valence-corrected chi connectivity index (χ0v) is 15.2. The van der Waals surface area contributed by atoms with Gasteiger partial charge in [0, 0.05) is 24.5 Å². The molecule has 0 aliphatic carbocycles. The van der Waals surface area contributed by atoms with Gasteiger partial charge in [-0.1, -0.05) is 6.07 Å². The van der Waals surface area contributed by atoms with Gasteiger partial charge in [0.1, 0.15) is 35.3 Å². The fraction of sp³-hybridized carbons (Fsp3) is 0.200. The van der Waals surface area contributed by atoms with Crippen molar-refractivity contribution in [3.8, 4) is 17.2 Å². The number of anilines is 1. The van der Waals surface area contributed by atoms with Crippen LogP contribution in [0.5, 0.6) is 11.5 Å². The Kier molecular flexibility index (Phi) is 4.46. The van der Waals surface area contributed by atoms with Crippen molar-refractivity contribution in [1.82, 2.24) is 9.55 Å². The zero-order valence-electron chi connectivity index (χ0n) is 15.2. The summed E-state index contributed by atoms with van der Waals surface area (Å²) in [4.78, 5) is 16.8. The third kappa shape index (κ3) is 2.96. The summed E-state index contributed by atoms with van der Waals surface area (Å²) in [6.07, 6.45) is 1.55. The predicted octanol–water partition coefficient (Wildman–Crippen LogP) is 3.64. The highest BCUT2D eigenvalue weighted by atomic mass is 19.1. The summed E-state index contributed by atoms with van der Waals surface area (Å²) in [7, 11) is 3.08. The molecule has 2 heterocycles. The molecule has 0 radical (unpaired) electrons. The molecule has 0 saturated heterocycles. The number of methoxy groups -OCH3 is 2. The Hall–Kier alpha value is -3.42. The molecule has 8 heteroatoms. The number of rotatable bonds is 4. The van der Waals surface area contributed by atoms with Crippen LogP contribution in [0.4, 0.5) is 14.6 Å². The first-order chi connectivity index (χ1) is 13.5. The molecule has 6 nitrogen and oxygen atoms in total. The maximum atomic E-state index is 14.4. The summed E-state index contributed by atoms with van der Waals surface area (Å²) >= 11 is 0. The van der Waals surface area contributed by atoms with E-state index in [-0.39, 0.29) is 17.9 Å². The first-order valence-corrected chi connectivity index (χ1v) is 8.56. The number of hydrogen-bond acceptors (Lipinski definition) is 4. The lowest BCUT2D eigenvalue weighted by atomic mass is 9.89. The second-order valence-electron chi connectivity index (χ2n) is 6.36. The van der Waals surface area contributed by atoms with E-state index >= 15 is 0 Å². The van der Waals surface area contributed by atoms with E-state index in [1.54, 1.807) is 29.9 Å². The van der Waals surface area contributed by atoms with Crippen molar-refractivity contribution in [3.05, 3.63) is 65.6 Å². The van der Waals surface area contributed by atoms with Crippen molar-refractivity contribution in [3.63, 3.8) is 0 Å². The van der Waals surface area contributed by atoms with Crippen LogP contribution in [0.1, 0.15) is 23.6 Å². The Bertz CT molecular complexity index is 1060. The van der Waals surface area contributed by atoms with E-state index in [1.165, 1.54) is 25.6 Å². The Morgan fingerprint density at radius 1 is 1.14 bits per heavy atom. The summed E-state index contributed by atoms with van der Waals surface area (Å²) < 4.78 is 40.0. The van der Waals surface area contributed by atoms with Gasteiger partial charge in [-0.25, -0.2) is 13.8 Å². The molecule has 4 rings (SSSR count). The largest absolute Gasteiger partial charge is 0.497 e. The highest BCUT2D eigenvalue weighted by Gasteiger charge is 2.33. The molecule has 3 aromatic rings. The third-order valence-corrected chi connectivity index (χ3v) is 4.76. The maximum absolute atomic E-state index is 14.4. The molecule has 1 amide bonds. The van der Waals surface area contributed by atoms with Crippen LogP contribution in [-0.2, 0) is 4.79 Å². The molecule has 28 heavy (non-hydrogen) atoms. The average molecular weight is 385 g/mol.